The lowest BCUT2D eigenvalue weighted by atomic mass is 9.78. The van der Waals surface area contributed by atoms with Crippen LogP contribution in [0.25, 0.3) is 0 Å². The molecule has 1 aliphatic carbocycles. The van der Waals surface area contributed by atoms with Crippen LogP contribution in [0.15, 0.2) is 4.99 Å². The molecule has 5 heteroatoms. The number of hydrogen-bond acceptors (Lipinski definition) is 4. The first-order valence-corrected chi connectivity index (χ1v) is 9.50. The van der Waals surface area contributed by atoms with Crippen molar-refractivity contribution in [3.8, 4) is 0 Å². The predicted octanol–water partition coefficient (Wildman–Crippen LogP) is 2.35. The van der Waals surface area contributed by atoms with Crippen LogP contribution in [0, 0.1) is 5.92 Å². The molecule has 120 valence electrons. The third kappa shape index (κ3) is 4.36. The maximum absolute atomic E-state index is 5.38. The highest BCUT2D eigenvalue weighted by molar-refractivity contribution is 8.14. The van der Waals surface area contributed by atoms with Crippen molar-refractivity contribution in [1.29, 1.82) is 0 Å². The Morgan fingerprint density at radius 1 is 1.33 bits per heavy atom. The molecule has 1 N–H and O–H groups in total. The summed E-state index contributed by atoms with van der Waals surface area (Å²) in [5.74, 6) is 2.14. The molecule has 3 fully saturated rings. The van der Waals surface area contributed by atoms with Crippen molar-refractivity contribution in [2.45, 2.75) is 44.6 Å². The van der Waals surface area contributed by atoms with Crippen LogP contribution < -0.4 is 5.32 Å². The number of nitrogens with zero attached hydrogens (tertiary/aromatic N) is 2. The number of morpholine rings is 1. The highest BCUT2D eigenvalue weighted by Gasteiger charge is 2.39. The Balaban J connectivity index is 1.37. The molecule has 0 aromatic heterocycles. The zero-order chi connectivity index (χ0) is 14.5. The molecule has 0 radical (unpaired) electrons. The Kier molecular flexibility index (Phi) is 5.46. The van der Waals surface area contributed by atoms with E-state index in [1.54, 1.807) is 0 Å². The molecule has 4 nitrogen and oxygen atoms in total. The molecular weight excluding hydrogens is 282 g/mol. The van der Waals surface area contributed by atoms with E-state index in [0.717, 1.165) is 51.7 Å². The van der Waals surface area contributed by atoms with E-state index in [1.165, 1.54) is 36.6 Å². The summed E-state index contributed by atoms with van der Waals surface area (Å²) in [6, 6.07) is 0. The molecule has 0 bridgehead atoms. The number of thioether (sulfide) groups is 1. The normalized spacial score (nSPS) is 36.2. The molecule has 1 spiro atoms. The molecule has 3 rings (SSSR count). The van der Waals surface area contributed by atoms with Gasteiger partial charge in [-0.3, -0.25) is 9.89 Å². The van der Waals surface area contributed by atoms with Crippen LogP contribution in [0.5, 0.6) is 0 Å². The van der Waals surface area contributed by atoms with E-state index in [4.69, 9.17) is 9.73 Å². The van der Waals surface area contributed by atoms with Gasteiger partial charge in [0, 0.05) is 37.5 Å². The zero-order valence-corrected chi connectivity index (χ0v) is 14.1. The highest BCUT2D eigenvalue weighted by atomic mass is 32.2. The molecular formula is C16H29N3OS. The van der Waals surface area contributed by atoms with Gasteiger partial charge in [0.1, 0.15) is 0 Å². The topological polar surface area (TPSA) is 36.9 Å². The minimum absolute atomic E-state index is 0.375. The van der Waals surface area contributed by atoms with Crippen molar-refractivity contribution in [2.75, 3.05) is 45.1 Å². The Bertz CT molecular complexity index is 361. The van der Waals surface area contributed by atoms with Gasteiger partial charge in [-0.15, -0.1) is 0 Å². The predicted molar refractivity (Wildman–Crippen MR) is 90.1 cm³/mol. The standard InChI is InChI=1S/C16H29N3OS/c1-14-3-5-16(6-4-14)13-21-15(18-16)17-7-2-8-19-9-11-20-12-10-19/h14H,2-13H2,1H3,(H,17,18). The third-order valence-corrected chi connectivity index (χ3v) is 6.28. The fourth-order valence-electron chi connectivity index (χ4n) is 3.47. The molecule has 2 saturated heterocycles. The molecule has 1 saturated carbocycles. The number of hydrogen-bond donors (Lipinski definition) is 1. The van der Waals surface area contributed by atoms with Gasteiger partial charge in [-0.25, -0.2) is 0 Å². The van der Waals surface area contributed by atoms with Crippen molar-refractivity contribution < 1.29 is 4.74 Å². The highest BCUT2D eigenvalue weighted by Crippen LogP contribution is 2.38. The fourth-order valence-corrected chi connectivity index (χ4v) is 4.72. The van der Waals surface area contributed by atoms with E-state index in [2.05, 4.69) is 17.1 Å². The SMILES string of the molecule is CC1CCC2(CC1)CSC(=NCCCN1CCOCC1)N2. The fraction of sp³-hybridized carbons (Fsp3) is 0.938. The van der Waals surface area contributed by atoms with E-state index < -0.39 is 0 Å². The van der Waals surface area contributed by atoms with E-state index in [9.17, 15) is 0 Å². The zero-order valence-electron chi connectivity index (χ0n) is 13.3. The van der Waals surface area contributed by atoms with Crippen LogP contribution in [0.4, 0.5) is 0 Å². The second-order valence-electron chi connectivity index (χ2n) is 6.87. The Morgan fingerprint density at radius 3 is 2.86 bits per heavy atom. The van der Waals surface area contributed by atoms with E-state index >= 15 is 0 Å². The minimum atomic E-state index is 0.375. The molecule has 0 aromatic carbocycles. The number of ether oxygens (including phenoxy) is 1. The van der Waals surface area contributed by atoms with Gasteiger partial charge in [0.2, 0.25) is 0 Å². The summed E-state index contributed by atoms with van der Waals surface area (Å²) in [4.78, 5) is 7.28. The number of amidine groups is 1. The number of nitrogens with one attached hydrogen (secondary N) is 1. The van der Waals surface area contributed by atoms with Gasteiger partial charge in [0.15, 0.2) is 5.17 Å². The van der Waals surface area contributed by atoms with Crippen LogP contribution in [0.1, 0.15) is 39.0 Å². The van der Waals surface area contributed by atoms with Gasteiger partial charge < -0.3 is 10.1 Å². The summed E-state index contributed by atoms with van der Waals surface area (Å²) in [5.41, 5.74) is 0.375. The van der Waals surface area contributed by atoms with E-state index in [0.29, 0.717) is 5.54 Å². The Morgan fingerprint density at radius 2 is 2.10 bits per heavy atom. The molecule has 21 heavy (non-hydrogen) atoms. The molecule has 0 atom stereocenters. The van der Waals surface area contributed by atoms with Crippen LogP contribution in [-0.2, 0) is 4.74 Å². The van der Waals surface area contributed by atoms with Gasteiger partial charge in [-0.05, 0) is 38.0 Å². The summed E-state index contributed by atoms with van der Waals surface area (Å²) >= 11 is 1.94. The van der Waals surface area contributed by atoms with Gasteiger partial charge in [-0.2, -0.15) is 0 Å². The number of rotatable bonds is 4. The lowest BCUT2D eigenvalue weighted by molar-refractivity contribution is 0.0377. The average molecular weight is 311 g/mol. The first-order chi connectivity index (χ1) is 10.3. The molecule has 2 aliphatic heterocycles. The molecule has 0 unspecified atom stereocenters. The van der Waals surface area contributed by atoms with Crippen molar-refractivity contribution in [2.24, 2.45) is 10.9 Å². The van der Waals surface area contributed by atoms with Crippen LogP contribution in [0.3, 0.4) is 0 Å². The largest absolute Gasteiger partial charge is 0.379 e. The monoisotopic (exact) mass is 311 g/mol. The van der Waals surface area contributed by atoms with Gasteiger partial charge in [-0.1, -0.05) is 18.7 Å². The lowest BCUT2D eigenvalue weighted by Gasteiger charge is -2.35. The molecule has 3 aliphatic rings. The van der Waals surface area contributed by atoms with Crippen molar-refractivity contribution in [3.63, 3.8) is 0 Å². The van der Waals surface area contributed by atoms with Gasteiger partial charge in [0.05, 0.1) is 13.2 Å². The maximum atomic E-state index is 5.38. The summed E-state index contributed by atoms with van der Waals surface area (Å²) in [6.45, 7) is 8.47. The summed E-state index contributed by atoms with van der Waals surface area (Å²) in [7, 11) is 0. The smallest absolute Gasteiger partial charge is 0.157 e. The van der Waals surface area contributed by atoms with E-state index in [1.807, 2.05) is 11.8 Å². The van der Waals surface area contributed by atoms with Gasteiger partial charge >= 0.3 is 0 Å². The maximum Gasteiger partial charge on any atom is 0.157 e. The Labute approximate surface area is 133 Å². The van der Waals surface area contributed by atoms with Crippen molar-refractivity contribution >= 4 is 16.9 Å². The Hall–Kier alpha value is -0.260. The second-order valence-corrected chi connectivity index (χ2v) is 7.84. The number of aliphatic imine (C=N–C) groups is 1. The third-order valence-electron chi connectivity index (χ3n) is 5.08. The molecule has 2 heterocycles. The first-order valence-electron chi connectivity index (χ1n) is 8.51. The molecule has 0 amide bonds. The molecule has 0 aromatic rings. The summed E-state index contributed by atoms with van der Waals surface area (Å²) < 4.78 is 5.38. The van der Waals surface area contributed by atoms with Gasteiger partial charge in [0.25, 0.3) is 0 Å². The average Bonchev–Trinajstić information content (AvgIpc) is 2.91. The van der Waals surface area contributed by atoms with Crippen LogP contribution >= 0.6 is 11.8 Å². The summed E-state index contributed by atoms with van der Waals surface area (Å²) in [5, 5.41) is 4.95. The minimum Gasteiger partial charge on any atom is -0.379 e. The lowest BCUT2D eigenvalue weighted by Crippen LogP contribution is -2.46. The first kappa shape index (κ1) is 15.6. The summed E-state index contributed by atoms with van der Waals surface area (Å²) in [6.07, 6.45) is 6.56. The quantitative estimate of drug-likeness (QED) is 0.809. The van der Waals surface area contributed by atoms with Crippen molar-refractivity contribution in [3.05, 3.63) is 0 Å². The van der Waals surface area contributed by atoms with Crippen LogP contribution in [-0.4, -0.2) is 60.8 Å². The second kappa shape index (κ2) is 7.34. The van der Waals surface area contributed by atoms with Crippen molar-refractivity contribution in [1.82, 2.24) is 10.2 Å². The van der Waals surface area contributed by atoms with Crippen LogP contribution in [0.2, 0.25) is 0 Å². The van der Waals surface area contributed by atoms with E-state index in [-0.39, 0.29) is 0 Å².